The lowest BCUT2D eigenvalue weighted by atomic mass is 9.94. The molecule has 0 saturated carbocycles. The number of hydrogen-bond acceptors (Lipinski definition) is 7. The SMILES string of the molecule is CC(C)(C)c1cnc(CSc2cnc(NC(=O)C3CCNCC3)s2)o1.I. The maximum Gasteiger partial charge on any atom is 0.229 e. The van der Waals surface area contributed by atoms with E-state index in [0.717, 1.165) is 35.9 Å². The van der Waals surface area contributed by atoms with Crippen LogP contribution in [0.3, 0.4) is 0 Å². The van der Waals surface area contributed by atoms with Crippen molar-refractivity contribution in [3.8, 4) is 0 Å². The Labute approximate surface area is 179 Å². The van der Waals surface area contributed by atoms with Crippen LogP contribution in [-0.2, 0) is 16.0 Å². The molecule has 3 rings (SSSR count). The zero-order chi connectivity index (χ0) is 17.9. The van der Waals surface area contributed by atoms with Gasteiger partial charge in [0, 0.05) is 11.3 Å². The number of rotatable bonds is 5. The second-order valence-electron chi connectivity index (χ2n) is 7.15. The van der Waals surface area contributed by atoms with Gasteiger partial charge in [0.2, 0.25) is 11.8 Å². The molecule has 2 aromatic rings. The van der Waals surface area contributed by atoms with E-state index in [2.05, 4.69) is 41.4 Å². The largest absolute Gasteiger partial charge is 0.444 e. The Kier molecular flexibility index (Phi) is 7.92. The van der Waals surface area contributed by atoms with Crippen molar-refractivity contribution in [2.24, 2.45) is 5.92 Å². The molecular formula is C17H25IN4O2S2. The first-order valence-corrected chi connectivity index (χ1v) is 10.3. The molecule has 2 aromatic heterocycles. The lowest BCUT2D eigenvalue weighted by Crippen LogP contribution is -2.34. The molecule has 0 aliphatic carbocycles. The van der Waals surface area contributed by atoms with Crippen molar-refractivity contribution in [1.82, 2.24) is 15.3 Å². The van der Waals surface area contributed by atoms with Gasteiger partial charge in [0.05, 0.1) is 22.4 Å². The zero-order valence-electron chi connectivity index (χ0n) is 15.2. The van der Waals surface area contributed by atoms with E-state index in [0.29, 0.717) is 16.8 Å². The molecule has 1 aliphatic heterocycles. The normalized spacial score (nSPS) is 15.5. The van der Waals surface area contributed by atoms with Crippen LogP contribution in [0.1, 0.15) is 45.3 Å². The molecule has 2 N–H and O–H groups in total. The smallest absolute Gasteiger partial charge is 0.229 e. The molecule has 9 heteroatoms. The highest BCUT2D eigenvalue weighted by atomic mass is 127. The number of piperidine rings is 1. The summed E-state index contributed by atoms with van der Waals surface area (Å²) in [5, 5.41) is 6.87. The van der Waals surface area contributed by atoms with Crippen LogP contribution in [0.4, 0.5) is 5.13 Å². The molecule has 144 valence electrons. The fourth-order valence-electron chi connectivity index (χ4n) is 2.53. The number of carbonyl (C=O) groups excluding carboxylic acids is 1. The second kappa shape index (κ2) is 9.52. The number of thiazole rings is 1. The molecule has 1 amide bonds. The van der Waals surface area contributed by atoms with Gasteiger partial charge in [-0.05, 0) is 25.9 Å². The Balaban J connectivity index is 0.00000243. The third kappa shape index (κ3) is 5.93. The van der Waals surface area contributed by atoms with Crippen molar-refractivity contribution in [3.63, 3.8) is 0 Å². The van der Waals surface area contributed by atoms with Gasteiger partial charge in [-0.1, -0.05) is 32.1 Å². The van der Waals surface area contributed by atoms with Gasteiger partial charge >= 0.3 is 0 Å². The van der Waals surface area contributed by atoms with Gasteiger partial charge in [-0.2, -0.15) is 0 Å². The summed E-state index contributed by atoms with van der Waals surface area (Å²) in [6.07, 6.45) is 5.37. The highest BCUT2D eigenvalue weighted by Gasteiger charge is 2.22. The zero-order valence-corrected chi connectivity index (χ0v) is 19.2. The molecule has 1 fully saturated rings. The first kappa shape index (κ1) is 21.6. The Morgan fingerprint density at radius 2 is 2.08 bits per heavy atom. The Morgan fingerprint density at radius 1 is 1.35 bits per heavy atom. The predicted molar refractivity (Wildman–Crippen MR) is 117 cm³/mol. The van der Waals surface area contributed by atoms with Gasteiger partial charge in [0.1, 0.15) is 5.76 Å². The molecule has 0 atom stereocenters. The van der Waals surface area contributed by atoms with Crippen LogP contribution in [0.15, 0.2) is 21.0 Å². The van der Waals surface area contributed by atoms with Crippen LogP contribution < -0.4 is 10.6 Å². The molecule has 1 aliphatic rings. The first-order valence-electron chi connectivity index (χ1n) is 8.47. The number of carbonyl (C=O) groups is 1. The van der Waals surface area contributed by atoms with Crippen molar-refractivity contribution in [2.75, 3.05) is 18.4 Å². The number of anilines is 1. The van der Waals surface area contributed by atoms with Gasteiger partial charge in [-0.25, -0.2) is 9.97 Å². The molecule has 3 heterocycles. The number of nitrogens with one attached hydrogen (secondary N) is 2. The molecule has 0 radical (unpaired) electrons. The lowest BCUT2D eigenvalue weighted by Gasteiger charge is -2.20. The molecule has 0 spiro atoms. The first-order chi connectivity index (χ1) is 11.9. The van der Waals surface area contributed by atoms with E-state index in [9.17, 15) is 4.79 Å². The third-order valence-corrected chi connectivity index (χ3v) is 6.15. The number of halogens is 1. The Morgan fingerprint density at radius 3 is 2.73 bits per heavy atom. The van der Waals surface area contributed by atoms with Crippen molar-refractivity contribution in [3.05, 3.63) is 24.0 Å². The highest BCUT2D eigenvalue weighted by molar-refractivity contribution is 14.0. The van der Waals surface area contributed by atoms with Gasteiger partial charge in [-0.15, -0.1) is 35.7 Å². The van der Waals surface area contributed by atoms with E-state index in [1.807, 2.05) is 0 Å². The fourth-order valence-corrected chi connectivity index (χ4v) is 4.26. The predicted octanol–water partition coefficient (Wildman–Crippen LogP) is 4.28. The van der Waals surface area contributed by atoms with Crippen molar-refractivity contribution < 1.29 is 9.21 Å². The summed E-state index contributed by atoms with van der Waals surface area (Å²) >= 11 is 3.11. The van der Waals surface area contributed by atoms with Crippen molar-refractivity contribution >= 4 is 58.1 Å². The van der Waals surface area contributed by atoms with Crippen LogP contribution >= 0.6 is 47.1 Å². The van der Waals surface area contributed by atoms with E-state index in [4.69, 9.17) is 4.42 Å². The Hall–Kier alpha value is -0.650. The van der Waals surface area contributed by atoms with Crippen LogP contribution in [0.5, 0.6) is 0 Å². The summed E-state index contributed by atoms with van der Waals surface area (Å²) in [6.45, 7) is 8.12. The molecule has 0 bridgehead atoms. The van der Waals surface area contributed by atoms with Gasteiger partial charge in [0.15, 0.2) is 5.13 Å². The van der Waals surface area contributed by atoms with E-state index in [1.54, 1.807) is 24.2 Å². The maximum absolute atomic E-state index is 12.2. The van der Waals surface area contributed by atoms with E-state index in [1.165, 1.54) is 11.3 Å². The fraction of sp³-hybridized carbons (Fsp3) is 0.588. The number of hydrogen-bond donors (Lipinski definition) is 2. The molecule has 26 heavy (non-hydrogen) atoms. The molecule has 0 aromatic carbocycles. The average Bonchev–Trinajstić information content (AvgIpc) is 3.22. The quantitative estimate of drug-likeness (QED) is 0.464. The summed E-state index contributed by atoms with van der Waals surface area (Å²) in [5.41, 5.74) is -0.0352. The average molecular weight is 508 g/mol. The minimum Gasteiger partial charge on any atom is -0.444 e. The molecule has 0 unspecified atom stereocenters. The van der Waals surface area contributed by atoms with Crippen LogP contribution in [-0.4, -0.2) is 29.0 Å². The summed E-state index contributed by atoms with van der Waals surface area (Å²) < 4.78 is 6.84. The lowest BCUT2D eigenvalue weighted by molar-refractivity contribution is -0.120. The van der Waals surface area contributed by atoms with Crippen molar-refractivity contribution in [2.45, 2.75) is 49.0 Å². The van der Waals surface area contributed by atoms with Gasteiger partial charge in [-0.3, -0.25) is 4.79 Å². The number of nitrogens with zero attached hydrogens (tertiary/aromatic N) is 2. The third-order valence-electron chi connectivity index (χ3n) is 4.06. The standard InChI is InChI=1S/C17H24N4O2S2.HI/c1-17(2,3)12-8-19-13(23-12)10-24-14-9-20-16(25-14)21-15(22)11-4-6-18-7-5-11;/h8-9,11,18H,4-7,10H2,1-3H3,(H,20,21,22);1H. The molecule has 1 saturated heterocycles. The number of amides is 1. The minimum atomic E-state index is -0.0352. The highest BCUT2D eigenvalue weighted by Crippen LogP contribution is 2.32. The van der Waals surface area contributed by atoms with Crippen molar-refractivity contribution in [1.29, 1.82) is 0 Å². The van der Waals surface area contributed by atoms with Crippen LogP contribution in [0, 0.1) is 5.92 Å². The molecular weight excluding hydrogens is 483 g/mol. The van der Waals surface area contributed by atoms with Crippen LogP contribution in [0.25, 0.3) is 0 Å². The van der Waals surface area contributed by atoms with Gasteiger partial charge < -0.3 is 15.1 Å². The maximum atomic E-state index is 12.2. The number of thioether (sulfide) groups is 1. The molecule has 6 nitrogen and oxygen atoms in total. The summed E-state index contributed by atoms with van der Waals surface area (Å²) in [6, 6.07) is 0. The minimum absolute atomic E-state index is 0. The van der Waals surface area contributed by atoms with E-state index in [-0.39, 0.29) is 41.2 Å². The second-order valence-corrected chi connectivity index (χ2v) is 9.46. The van der Waals surface area contributed by atoms with Gasteiger partial charge in [0.25, 0.3) is 0 Å². The number of oxazole rings is 1. The summed E-state index contributed by atoms with van der Waals surface area (Å²) in [5.74, 6) is 2.42. The van der Waals surface area contributed by atoms with Crippen LogP contribution in [0.2, 0.25) is 0 Å². The number of aromatic nitrogens is 2. The van der Waals surface area contributed by atoms with E-state index >= 15 is 0 Å². The summed E-state index contributed by atoms with van der Waals surface area (Å²) in [7, 11) is 0. The monoisotopic (exact) mass is 508 g/mol. The Bertz CT molecular complexity index is 720. The topological polar surface area (TPSA) is 80.0 Å². The summed E-state index contributed by atoms with van der Waals surface area (Å²) in [4.78, 5) is 20.9. The van der Waals surface area contributed by atoms with E-state index < -0.39 is 0 Å².